The number of nitrogen functional groups attached to an aromatic ring is 1. The lowest BCUT2D eigenvalue weighted by Crippen LogP contribution is -2.21. The Balaban J connectivity index is 2.80. The number of aromatic nitrogens is 3. The van der Waals surface area contributed by atoms with Gasteiger partial charge in [-0.15, -0.1) is 0 Å². The highest BCUT2D eigenvalue weighted by atomic mass is 15.1. The Morgan fingerprint density at radius 2 is 2.06 bits per heavy atom. The zero-order valence-electron chi connectivity index (χ0n) is 11.3. The molecule has 0 fully saturated rings. The predicted molar refractivity (Wildman–Crippen MR) is 74.1 cm³/mol. The molecule has 0 atom stereocenters. The molecule has 4 heteroatoms. The number of nitrogens with zero attached hydrogens (tertiary/aromatic N) is 3. The number of nitrogens with two attached hydrogens (primary N) is 1. The molecule has 0 aromatic carbocycles. The van der Waals surface area contributed by atoms with Gasteiger partial charge in [-0.25, -0.2) is 9.97 Å². The Kier molecular flexibility index (Phi) is 3.00. The van der Waals surface area contributed by atoms with E-state index in [1.165, 1.54) is 6.33 Å². The first-order chi connectivity index (χ1) is 8.45. The molecule has 0 bridgehead atoms. The van der Waals surface area contributed by atoms with E-state index in [-0.39, 0.29) is 5.54 Å². The Morgan fingerprint density at radius 1 is 1.33 bits per heavy atom. The van der Waals surface area contributed by atoms with Crippen molar-refractivity contribution in [3.8, 4) is 11.8 Å². The third-order valence-corrected chi connectivity index (χ3v) is 2.73. The average Bonchev–Trinajstić information content (AvgIpc) is 2.66. The topological polar surface area (TPSA) is 56.7 Å². The van der Waals surface area contributed by atoms with Crippen molar-refractivity contribution in [1.82, 2.24) is 14.5 Å². The summed E-state index contributed by atoms with van der Waals surface area (Å²) in [6.45, 7) is 8.40. The lowest BCUT2D eigenvalue weighted by molar-refractivity contribution is 0.408. The van der Waals surface area contributed by atoms with Gasteiger partial charge in [0.25, 0.3) is 0 Å². The lowest BCUT2D eigenvalue weighted by atomic mass is 10.1. The fourth-order valence-electron chi connectivity index (χ4n) is 1.88. The van der Waals surface area contributed by atoms with Crippen molar-refractivity contribution in [1.29, 1.82) is 0 Å². The lowest BCUT2D eigenvalue weighted by Gasteiger charge is -2.21. The third-order valence-electron chi connectivity index (χ3n) is 2.73. The predicted octanol–water partition coefficient (Wildman–Crippen LogP) is 2.53. The van der Waals surface area contributed by atoms with Crippen molar-refractivity contribution in [3.05, 3.63) is 18.1 Å². The number of fused-ring (bicyclic) bond motifs is 1. The van der Waals surface area contributed by atoms with E-state index in [4.69, 9.17) is 5.73 Å². The molecule has 2 aromatic heterocycles. The summed E-state index contributed by atoms with van der Waals surface area (Å²) in [5.74, 6) is 6.70. The van der Waals surface area contributed by atoms with Crippen LogP contribution in [0.3, 0.4) is 0 Å². The van der Waals surface area contributed by atoms with Crippen molar-refractivity contribution < 1.29 is 0 Å². The molecule has 2 aromatic rings. The molecule has 18 heavy (non-hydrogen) atoms. The van der Waals surface area contributed by atoms with Crippen LogP contribution in [-0.2, 0) is 5.54 Å². The Hall–Kier alpha value is -2.02. The second kappa shape index (κ2) is 4.34. The van der Waals surface area contributed by atoms with Gasteiger partial charge in [0.2, 0.25) is 0 Å². The highest BCUT2D eigenvalue weighted by Gasteiger charge is 2.20. The summed E-state index contributed by atoms with van der Waals surface area (Å²) in [4.78, 5) is 8.40. The van der Waals surface area contributed by atoms with Crippen LogP contribution in [-0.4, -0.2) is 14.5 Å². The largest absolute Gasteiger partial charge is 0.383 e. The number of anilines is 1. The normalized spacial score (nSPS) is 11.3. The minimum absolute atomic E-state index is 0.0643. The maximum atomic E-state index is 5.95. The van der Waals surface area contributed by atoms with E-state index in [1.807, 2.05) is 13.1 Å². The molecule has 0 amide bonds. The summed E-state index contributed by atoms with van der Waals surface area (Å²) in [7, 11) is 0. The molecule has 0 spiro atoms. The molecule has 0 aliphatic heterocycles. The smallest absolute Gasteiger partial charge is 0.147 e. The second-order valence-electron chi connectivity index (χ2n) is 5.20. The zero-order chi connectivity index (χ0) is 13.3. The van der Waals surface area contributed by atoms with Gasteiger partial charge in [-0.05, 0) is 20.8 Å². The first kappa shape index (κ1) is 12.4. The van der Waals surface area contributed by atoms with Gasteiger partial charge in [0, 0.05) is 18.2 Å². The van der Waals surface area contributed by atoms with Gasteiger partial charge in [0.1, 0.15) is 17.8 Å². The maximum Gasteiger partial charge on any atom is 0.147 e. The third kappa shape index (κ3) is 2.04. The fourth-order valence-corrected chi connectivity index (χ4v) is 1.88. The van der Waals surface area contributed by atoms with Crippen molar-refractivity contribution >= 4 is 16.9 Å². The van der Waals surface area contributed by atoms with E-state index in [1.54, 1.807) is 0 Å². The van der Waals surface area contributed by atoms with Gasteiger partial charge in [0.15, 0.2) is 0 Å². The quantitative estimate of drug-likeness (QED) is 0.722. The highest BCUT2D eigenvalue weighted by Crippen LogP contribution is 2.28. The highest BCUT2D eigenvalue weighted by molar-refractivity contribution is 5.92. The molecule has 4 nitrogen and oxygen atoms in total. The summed E-state index contributed by atoms with van der Waals surface area (Å²) in [5.41, 5.74) is 7.63. The van der Waals surface area contributed by atoms with Crippen LogP contribution in [0.4, 0.5) is 5.82 Å². The molecule has 2 heterocycles. The van der Waals surface area contributed by atoms with Crippen LogP contribution in [0.15, 0.2) is 12.5 Å². The zero-order valence-corrected chi connectivity index (χ0v) is 11.3. The molecule has 94 valence electrons. The summed E-state index contributed by atoms with van der Waals surface area (Å²) in [6.07, 6.45) is 4.32. The molecular formula is C14H18N4. The first-order valence-electron chi connectivity index (χ1n) is 6.06. The Bertz CT molecular complexity index is 635. The van der Waals surface area contributed by atoms with Crippen LogP contribution >= 0.6 is 0 Å². The van der Waals surface area contributed by atoms with E-state index >= 15 is 0 Å². The monoisotopic (exact) mass is 242 g/mol. The van der Waals surface area contributed by atoms with E-state index in [2.05, 4.69) is 47.1 Å². The van der Waals surface area contributed by atoms with Gasteiger partial charge in [-0.2, -0.15) is 0 Å². The van der Waals surface area contributed by atoms with Gasteiger partial charge >= 0.3 is 0 Å². The molecule has 0 aliphatic rings. The summed E-state index contributed by atoms with van der Waals surface area (Å²) in [5, 5.41) is 0.855. The fraction of sp³-hybridized carbons (Fsp3) is 0.429. The molecule has 2 rings (SSSR count). The standard InChI is InChI=1S/C14H18N4/c1-5-6-7-10-8-18(14(2,3)4)13-11(10)12(15)16-9-17-13/h8-9H,5H2,1-4H3,(H2,15,16,17). The van der Waals surface area contributed by atoms with Gasteiger partial charge < -0.3 is 10.3 Å². The van der Waals surface area contributed by atoms with Gasteiger partial charge in [0.05, 0.1) is 10.9 Å². The molecule has 0 radical (unpaired) electrons. The number of hydrogen-bond donors (Lipinski definition) is 1. The minimum Gasteiger partial charge on any atom is -0.383 e. The minimum atomic E-state index is -0.0643. The maximum absolute atomic E-state index is 5.95. The van der Waals surface area contributed by atoms with Crippen LogP contribution in [0.5, 0.6) is 0 Å². The molecule has 0 saturated heterocycles. The van der Waals surface area contributed by atoms with Gasteiger partial charge in [-0.1, -0.05) is 18.8 Å². The molecule has 0 aliphatic carbocycles. The van der Waals surface area contributed by atoms with E-state index < -0.39 is 0 Å². The molecular weight excluding hydrogens is 224 g/mol. The van der Waals surface area contributed by atoms with Gasteiger partial charge in [-0.3, -0.25) is 0 Å². The summed E-state index contributed by atoms with van der Waals surface area (Å²) < 4.78 is 2.10. The van der Waals surface area contributed by atoms with Crippen LogP contribution < -0.4 is 5.73 Å². The number of rotatable bonds is 0. The van der Waals surface area contributed by atoms with Crippen LogP contribution in [0.25, 0.3) is 11.0 Å². The number of hydrogen-bond acceptors (Lipinski definition) is 3. The SMILES string of the molecule is CCC#Cc1cn(C(C)(C)C)c2ncnc(N)c12. The Morgan fingerprint density at radius 3 is 2.67 bits per heavy atom. The summed E-state index contributed by atoms with van der Waals surface area (Å²) >= 11 is 0. The van der Waals surface area contributed by atoms with Crippen LogP contribution in [0.2, 0.25) is 0 Å². The van der Waals surface area contributed by atoms with Crippen molar-refractivity contribution in [2.75, 3.05) is 5.73 Å². The molecule has 0 unspecified atom stereocenters. The first-order valence-corrected chi connectivity index (χ1v) is 6.06. The Labute approximate surface area is 107 Å². The van der Waals surface area contributed by atoms with Crippen LogP contribution in [0.1, 0.15) is 39.7 Å². The molecule has 0 saturated carbocycles. The van der Waals surface area contributed by atoms with Crippen molar-refractivity contribution in [3.63, 3.8) is 0 Å². The average molecular weight is 242 g/mol. The molecule has 2 N–H and O–H groups in total. The van der Waals surface area contributed by atoms with Crippen molar-refractivity contribution in [2.24, 2.45) is 0 Å². The second-order valence-corrected chi connectivity index (χ2v) is 5.20. The van der Waals surface area contributed by atoms with E-state index in [9.17, 15) is 0 Å². The van der Waals surface area contributed by atoms with E-state index in [0.717, 1.165) is 23.0 Å². The van der Waals surface area contributed by atoms with Crippen molar-refractivity contribution in [2.45, 2.75) is 39.7 Å². The summed E-state index contributed by atoms with van der Waals surface area (Å²) in [6, 6.07) is 0. The van der Waals surface area contributed by atoms with Crippen LogP contribution in [0, 0.1) is 11.8 Å². The van der Waals surface area contributed by atoms with E-state index in [0.29, 0.717) is 5.82 Å².